The molecule has 0 aliphatic carbocycles. The van der Waals surface area contributed by atoms with E-state index in [2.05, 4.69) is 0 Å². The van der Waals surface area contributed by atoms with E-state index in [1.165, 1.54) is 0 Å². The number of ether oxygens (including phenoxy) is 1. The highest BCUT2D eigenvalue weighted by Crippen LogP contribution is 2.24. The van der Waals surface area contributed by atoms with Gasteiger partial charge in [0.15, 0.2) is 0 Å². The average Bonchev–Trinajstić information content (AvgIpc) is 2.30. The molecule has 0 radical (unpaired) electrons. The number of primary amides is 1. The Bertz CT molecular complexity index is 538. The van der Waals surface area contributed by atoms with Crippen molar-refractivity contribution in [3.63, 3.8) is 0 Å². The highest BCUT2D eigenvalue weighted by Gasteiger charge is 2.24. The third-order valence-corrected chi connectivity index (χ3v) is 3.41. The van der Waals surface area contributed by atoms with Gasteiger partial charge in [0.25, 0.3) is 0 Å². The Hall–Kier alpha value is -1.55. The van der Waals surface area contributed by atoms with Gasteiger partial charge in [-0.15, -0.1) is 0 Å². The quantitative estimate of drug-likeness (QED) is 0.873. The van der Waals surface area contributed by atoms with Gasteiger partial charge in [0.05, 0.1) is 0 Å². The molecule has 0 spiro atoms. The van der Waals surface area contributed by atoms with Crippen LogP contribution in [0, 0.1) is 5.92 Å². The molecule has 0 bridgehead atoms. The average molecular weight is 312 g/mol. The van der Waals surface area contributed by atoms with E-state index >= 15 is 0 Å². The molecule has 0 saturated carbocycles. The SMILES string of the molecule is CC(C)C(=O)Cc1cc(Cl)ccc1CC(C)(C)OC(N)=O. The Kier molecular flexibility index (Phi) is 5.78. The molecule has 1 aromatic rings. The minimum atomic E-state index is -0.811. The van der Waals surface area contributed by atoms with Crippen molar-refractivity contribution in [2.75, 3.05) is 0 Å². The number of hydrogen-bond acceptors (Lipinski definition) is 3. The van der Waals surface area contributed by atoms with Crippen molar-refractivity contribution in [2.45, 2.75) is 46.1 Å². The first kappa shape index (κ1) is 17.5. The lowest BCUT2D eigenvalue weighted by Gasteiger charge is -2.25. The molecule has 0 aliphatic heterocycles. The van der Waals surface area contributed by atoms with Crippen LogP contribution < -0.4 is 5.73 Å². The Balaban J connectivity index is 3.01. The maximum Gasteiger partial charge on any atom is 0.405 e. The second-order valence-corrected chi connectivity index (χ2v) is 6.50. The van der Waals surface area contributed by atoms with Crippen molar-refractivity contribution in [2.24, 2.45) is 11.7 Å². The zero-order valence-corrected chi connectivity index (χ0v) is 13.7. The molecule has 5 heteroatoms. The van der Waals surface area contributed by atoms with Crippen LogP contribution in [0.25, 0.3) is 0 Å². The minimum Gasteiger partial charge on any atom is -0.443 e. The predicted octanol–water partition coefficient (Wildman–Crippen LogP) is 3.52. The Morgan fingerprint density at radius 2 is 1.90 bits per heavy atom. The third kappa shape index (κ3) is 5.76. The van der Waals surface area contributed by atoms with Crippen molar-refractivity contribution in [3.05, 3.63) is 34.3 Å². The number of amides is 1. The van der Waals surface area contributed by atoms with Gasteiger partial charge < -0.3 is 10.5 Å². The Morgan fingerprint density at radius 1 is 1.29 bits per heavy atom. The third-order valence-electron chi connectivity index (χ3n) is 3.17. The van der Waals surface area contributed by atoms with E-state index in [1.807, 2.05) is 19.9 Å². The smallest absolute Gasteiger partial charge is 0.405 e. The lowest BCUT2D eigenvalue weighted by Crippen LogP contribution is -2.33. The summed E-state index contributed by atoms with van der Waals surface area (Å²) in [5.74, 6) is 0.110. The maximum absolute atomic E-state index is 12.0. The summed E-state index contributed by atoms with van der Waals surface area (Å²) in [6.07, 6.45) is -0.0256. The molecule has 2 N–H and O–H groups in total. The number of Topliss-reactive ketones (excluding diaryl/α,β-unsaturated/α-hetero) is 1. The number of carbonyl (C=O) groups excluding carboxylic acids is 2. The summed E-state index contributed by atoms with van der Waals surface area (Å²) < 4.78 is 5.10. The number of carbonyl (C=O) groups is 2. The molecule has 1 rings (SSSR count). The molecule has 1 amide bonds. The topological polar surface area (TPSA) is 69.4 Å². The number of halogens is 1. The summed E-state index contributed by atoms with van der Waals surface area (Å²) in [6.45, 7) is 7.29. The van der Waals surface area contributed by atoms with Crippen LogP contribution in [0.3, 0.4) is 0 Å². The summed E-state index contributed by atoms with van der Waals surface area (Å²) in [5.41, 5.74) is 6.13. The summed E-state index contributed by atoms with van der Waals surface area (Å²) in [5, 5.41) is 0.582. The Labute approximate surface area is 130 Å². The molecular formula is C16H22ClNO3. The summed E-state index contributed by atoms with van der Waals surface area (Å²) in [7, 11) is 0. The van der Waals surface area contributed by atoms with Crippen LogP contribution in [0.5, 0.6) is 0 Å². The van der Waals surface area contributed by atoms with E-state index in [-0.39, 0.29) is 11.7 Å². The van der Waals surface area contributed by atoms with Crippen LogP contribution >= 0.6 is 11.6 Å². The first-order valence-corrected chi connectivity index (χ1v) is 7.27. The zero-order chi connectivity index (χ0) is 16.2. The standard InChI is InChI=1S/C16H22ClNO3/c1-10(2)14(19)8-12-7-13(17)6-5-11(12)9-16(3,4)21-15(18)20/h5-7,10H,8-9H2,1-4H3,(H2,18,20). The van der Waals surface area contributed by atoms with Gasteiger partial charge in [0.2, 0.25) is 0 Å². The van der Waals surface area contributed by atoms with Crippen molar-refractivity contribution in [1.29, 1.82) is 0 Å². The van der Waals surface area contributed by atoms with Crippen molar-refractivity contribution < 1.29 is 14.3 Å². The van der Waals surface area contributed by atoms with Crippen molar-refractivity contribution in [1.82, 2.24) is 0 Å². The second kappa shape index (κ2) is 6.94. The first-order valence-electron chi connectivity index (χ1n) is 6.89. The van der Waals surface area contributed by atoms with Crippen LogP contribution in [0.15, 0.2) is 18.2 Å². The first-order chi connectivity index (χ1) is 9.60. The van der Waals surface area contributed by atoms with Crippen LogP contribution in [0.2, 0.25) is 5.02 Å². The molecule has 1 aromatic carbocycles. The molecule has 0 fully saturated rings. The number of nitrogens with two attached hydrogens (primary N) is 1. The van der Waals surface area contributed by atoms with Crippen LogP contribution in [0.4, 0.5) is 4.79 Å². The lowest BCUT2D eigenvalue weighted by molar-refractivity contribution is -0.121. The zero-order valence-electron chi connectivity index (χ0n) is 12.9. The predicted molar refractivity (Wildman–Crippen MR) is 83.5 cm³/mol. The van der Waals surface area contributed by atoms with Crippen molar-refractivity contribution in [3.8, 4) is 0 Å². The molecule has 0 saturated heterocycles. The molecule has 0 aromatic heterocycles. The van der Waals surface area contributed by atoms with E-state index < -0.39 is 11.7 Å². The van der Waals surface area contributed by atoms with Gasteiger partial charge in [-0.3, -0.25) is 4.79 Å². The Morgan fingerprint density at radius 3 is 2.43 bits per heavy atom. The fraction of sp³-hybridized carbons (Fsp3) is 0.500. The molecule has 0 aliphatic rings. The van der Waals surface area contributed by atoms with E-state index in [4.69, 9.17) is 22.1 Å². The molecule has 116 valence electrons. The van der Waals surface area contributed by atoms with Gasteiger partial charge in [-0.1, -0.05) is 31.5 Å². The number of hydrogen-bond donors (Lipinski definition) is 1. The van der Waals surface area contributed by atoms with E-state index in [0.29, 0.717) is 17.9 Å². The molecule has 0 atom stereocenters. The van der Waals surface area contributed by atoms with Crippen LogP contribution in [-0.2, 0) is 22.4 Å². The van der Waals surface area contributed by atoms with E-state index in [1.54, 1.807) is 26.0 Å². The van der Waals surface area contributed by atoms with E-state index in [0.717, 1.165) is 11.1 Å². The maximum atomic E-state index is 12.0. The molecular weight excluding hydrogens is 290 g/mol. The van der Waals surface area contributed by atoms with Gasteiger partial charge in [0, 0.05) is 23.8 Å². The normalized spacial score (nSPS) is 11.5. The largest absolute Gasteiger partial charge is 0.443 e. The highest BCUT2D eigenvalue weighted by atomic mass is 35.5. The van der Waals surface area contributed by atoms with Gasteiger partial charge in [-0.05, 0) is 37.1 Å². The van der Waals surface area contributed by atoms with Gasteiger partial charge in [-0.2, -0.15) is 0 Å². The van der Waals surface area contributed by atoms with Crippen LogP contribution in [-0.4, -0.2) is 17.5 Å². The lowest BCUT2D eigenvalue weighted by atomic mass is 9.91. The molecule has 0 unspecified atom stereocenters. The minimum absolute atomic E-state index is 0.0355. The second-order valence-electron chi connectivity index (χ2n) is 6.07. The van der Waals surface area contributed by atoms with Crippen LogP contribution in [0.1, 0.15) is 38.8 Å². The summed E-state index contributed by atoms with van der Waals surface area (Å²) >= 11 is 6.02. The van der Waals surface area contributed by atoms with Gasteiger partial charge in [-0.25, -0.2) is 4.79 Å². The van der Waals surface area contributed by atoms with Crippen molar-refractivity contribution >= 4 is 23.5 Å². The number of benzene rings is 1. The van der Waals surface area contributed by atoms with Gasteiger partial charge >= 0.3 is 6.09 Å². The molecule has 21 heavy (non-hydrogen) atoms. The number of rotatable bonds is 6. The fourth-order valence-corrected chi connectivity index (χ4v) is 2.29. The fourth-order valence-electron chi connectivity index (χ4n) is 2.09. The van der Waals surface area contributed by atoms with Gasteiger partial charge in [0.1, 0.15) is 11.4 Å². The molecule has 4 nitrogen and oxygen atoms in total. The molecule has 0 heterocycles. The number of ketones is 1. The highest BCUT2D eigenvalue weighted by molar-refractivity contribution is 6.30. The monoisotopic (exact) mass is 311 g/mol. The van der Waals surface area contributed by atoms with E-state index in [9.17, 15) is 9.59 Å². The summed E-state index contributed by atoms with van der Waals surface area (Å²) in [4.78, 5) is 22.9. The summed E-state index contributed by atoms with van der Waals surface area (Å²) in [6, 6.07) is 5.41.